The van der Waals surface area contributed by atoms with Crippen molar-refractivity contribution < 1.29 is 23.9 Å². The number of hydrogen-bond acceptors (Lipinski definition) is 5. The number of rotatable bonds is 10. The molecule has 0 spiro atoms. The minimum atomic E-state index is -0.472. The van der Waals surface area contributed by atoms with Crippen molar-refractivity contribution in [2.24, 2.45) is 5.92 Å². The molecule has 170 valence electrons. The number of ether oxygens (including phenoxy) is 2. The lowest BCUT2D eigenvalue weighted by Gasteiger charge is -2.20. The average molecular weight is 439 g/mol. The lowest BCUT2D eigenvalue weighted by atomic mass is 10.1. The zero-order valence-electron chi connectivity index (χ0n) is 18.6. The highest BCUT2D eigenvalue weighted by Crippen LogP contribution is 2.33. The number of unbranched alkanes of at least 4 members (excludes halogenated alkanes) is 2. The van der Waals surface area contributed by atoms with E-state index in [1.165, 1.54) is 0 Å². The van der Waals surface area contributed by atoms with Gasteiger partial charge in [0.25, 0.3) is 0 Å². The minimum absolute atomic E-state index is 0.113. The normalized spacial score (nSPS) is 15.5. The third-order valence-electron chi connectivity index (χ3n) is 5.32. The fourth-order valence-electron chi connectivity index (χ4n) is 3.61. The molecule has 7 heteroatoms. The third kappa shape index (κ3) is 5.87. The maximum absolute atomic E-state index is 12.8. The van der Waals surface area contributed by atoms with Crippen LogP contribution in [0.5, 0.6) is 5.75 Å². The van der Waals surface area contributed by atoms with Gasteiger partial charge in [-0.1, -0.05) is 31.9 Å². The molecular formula is C25H30N2O5. The molecule has 1 heterocycles. The van der Waals surface area contributed by atoms with E-state index in [9.17, 15) is 14.4 Å². The summed E-state index contributed by atoms with van der Waals surface area (Å²) in [6.45, 7) is 5.16. The molecule has 0 aromatic heterocycles. The largest absolute Gasteiger partial charge is 0.492 e. The zero-order chi connectivity index (χ0) is 22.9. The fourth-order valence-corrected chi connectivity index (χ4v) is 3.61. The third-order valence-corrected chi connectivity index (χ3v) is 5.32. The van der Waals surface area contributed by atoms with Gasteiger partial charge >= 0.3 is 5.97 Å². The van der Waals surface area contributed by atoms with E-state index in [4.69, 9.17) is 9.47 Å². The molecule has 0 unspecified atom stereocenters. The highest BCUT2D eigenvalue weighted by Gasteiger charge is 2.36. The van der Waals surface area contributed by atoms with E-state index >= 15 is 0 Å². The van der Waals surface area contributed by atoms with Crippen LogP contribution in [0.4, 0.5) is 11.4 Å². The number of para-hydroxylation sites is 2. The summed E-state index contributed by atoms with van der Waals surface area (Å²) in [6, 6.07) is 13.9. The van der Waals surface area contributed by atoms with Gasteiger partial charge < -0.3 is 19.7 Å². The smallest absolute Gasteiger partial charge is 0.338 e. The molecule has 2 aromatic carbocycles. The van der Waals surface area contributed by atoms with Crippen LogP contribution >= 0.6 is 0 Å². The molecule has 0 aliphatic carbocycles. The molecule has 0 radical (unpaired) electrons. The topological polar surface area (TPSA) is 84.9 Å². The first-order valence-electron chi connectivity index (χ1n) is 11.1. The van der Waals surface area contributed by atoms with Crippen LogP contribution < -0.4 is 15.0 Å². The standard InChI is InChI=1S/C25H30N2O5/c1-3-5-8-15-32-25(30)18-11-13-20(14-12-18)26-24(29)19-16-23(28)27(17-19)21-9-6-7-10-22(21)31-4-2/h6-7,9-14,19H,3-5,8,15-17H2,1-2H3,(H,26,29)/t19-/m0/s1. The van der Waals surface area contributed by atoms with E-state index in [2.05, 4.69) is 12.2 Å². The number of amides is 2. The van der Waals surface area contributed by atoms with Crippen molar-refractivity contribution in [1.82, 2.24) is 0 Å². The second kappa shape index (κ2) is 11.3. The highest BCUT2D eigenvalue weighted by atomic mass is 16.5. The summed E-state index contributed by atoms with van der Waals surface area (Å²) in [7, 11) is 0. The molecular weight excluding hydrogens is 408 g/mol. The van der Waals surface area contributed by atoms with Gasteiger partial charge in [0.2, 0.25) is 11.8 Å². The number of carbonyl (C=O) groups is 3. The second-order valence-electron chi connectivity index (χ2n) is 7.72. The Morgan fingerprint density at radius 1 is 1.06 bits per heavy atom. The molecule has 7 nitrogen and oxygen atoms in total. The van der Waals surface area contributed by atoms with Crippen molar-refractivity contribution in [2.75, 3.05) is 30.0 Å². The second-order valence-corrected chi connectivity index (χ2v) is 7.72. The van der Waals surface area contributed by atoms with Crippen molar-refractivity contribution in [3.8, 4) is 5.75 Å². The van der Waals surface area contributed by atoms with E-state index in [0.29, 0.717) is 35.9 Å². The summed E-state index contributed by atoms with van der Waals surface area (Å²) in [5.41, 5.74) is 1.68. The van der Waals surface area contributed by atoms with Crippen molar-refractivity contribution in [2.45, 2.75) is 39.5 Å². The summed E-state index contributed by atoms with van der Waals surface area (Å²) in [5, 5.41) is 2.84. The van der Waals surface area contributed by atoms with Crippen LogP contribution in [0.2, 0.25) is 0 Å². The van der Waals surface area contributed by atoms with E-state index in [1.54, 1.807) is 29.2 Å². The van der Waals surface area contributed by atoms with Crippen LogP contribution in [-0.4, -0.2) is 37.5 Å². The average Bonchev–Trinajstić information content (AvgIpc) is 3.19. The summed E-state index contributed by atoms with van der Waals surface area (Å²) in [5.74, 6) is -0.561. The number of nitrogens with one attached hydrogen (secondary N) is 1. The molecule has 32 heavy (non-hydrogen) atoms. The van der Waals surface area contributed by atoms with Crippen molar-refractivity contribution in [1.29, 1.82) is 0 Å². The maximum atomic E-state index is 12.8. The molecule has 1 aliphatic rings. The molecule has 3 rings (SSSR count). The van der Waals surface area contributed by atoms with Crippen molar-refractivity contribution in [3.05, 3.63) is 54.1 Å². The van der Waals surface area contributed by atoms with Crippen LogP contribution in [0.3, 0.4) is 0 Å². The van der Waals surface area contributed by atoms with Gasteiger partial charge in [-0.25, -0.2) is 4.79 Å². The first kappa shape index (κ1) is 23.3. The van der Waals surface area contributed by atoms with Gasteiger partial charge in [0.05, 0.1) is 30.4 Å². The van der Waals surface area contributed by atoms with E-state index in [-0.39, 0.29) is 30.7 Å². The molecule has 1 atom stereocenters. The number of carbonyl (C=O) groups excluding carboxylic acids is 3. The Balaban J connectivity index is 1.57. The Morgan fingerprint density at radius 3 is 2.53 bits per heavy atom. The summed E-state index contributed by atoms with van der Waals surface area (Å²) < 4.78 is 10.9. The first-order chi connectivity index (χ1) is 15.5. The Kier molecular flexibility index (Phi) is 8.25. The van der Waals surface area contributed by atoms with Gasteiger partial charge in [0.15, 0.2) is 0 Å². The molecule has 2 aromatic rings. The van der Waals surface area contributed by atoms with Crippen LogP contribution in [0, 0.1) is 5.92 Å². The molecule has 2 amide bonds. The summed E-state index contributed by atoms with van der Waals surface area (Å²) in [4.78, 5) is 39.0. The van der Waals surface area contributed by atoms with Crippen LogP contribution in [0.25, 0.3) is 0 Å². The number of esters is 1. The first-order valence-corrected chi connectivity index (χ1v) is 11.1. The van der Waals surface area contributed by atoms with Crippen LogP contribution in [-0.2, 0) is 14.3 Å². The van der Waals surface area contributed by atoms with Gasteiger partial charge in [0, 0.05) is 18.7 Å². The Labute approximate surface area is 188 Å². The molecule has 1 saturated heterocycles. The fraction of sp³-hybridized carbons (Fsp3) is 0.400. The van der Waals surface area contributed by atoms with Gasteiger partial charge in [-0.3, -0.25) is 9.59 Å². The van der Waals surface area contributed by atoms with Crippen molar-refractivity contribution in [3.63, 3.8) is 0 Å². The number of benzene rings is 2. The Hall–Kier alpha value is -3.35. The van der Waals surface area contributed by atoms with Gasteiger partial charge in [-0.2, -0.15) is 0 Å². The monoisotopic (exact) mass is 438 g/mol. The maximum Gasteiger partial charge on any atom is 0.338 e. The zero-order valence-corrected chi connectivity index (χ0v) is 18.6. The SMILES string of the molecule is CCCCCOC(=O)c1ccc(NC(=O)[C@H]2CC(=O)N(c3ccccc3OCC)C2)cc1. The van der Waals surface area contributed by atoms with Gasteiger partial charge in [0.1, 0.15) is 5.75 Å². The van der Waals surface area contributed by atoms with E-state index in [0.717, 1.165) is 19.3 Å². The number of hydrogen-bond donors (Lipinski definition) is 1. The summed E-state index contributed by atoms with van der Waals surface area (Å²) in [6.07, 6.45) is 3.07. The van der Waals surface area contributed by atoms with E-state index < -0.39 is 5.92 Å². The molecule has 0 saturated carbocycles. The molecule has 1 N–H and O–H groups in total. The van der Waals surface area contributed by atoms with E-state index in [1.807, 2.05) is 31.2 Å². The lowest BCUT2D eigenvalue weighted by Crippen LogP contribution is -2.28. The molecule has 1 aliphatic heterocycles. The quantitative estimate of drug-likeness (QED) is 0.438. The minimum Gasteiger partial charge on any atom is -0.492 e. The Bertz CT molecular complexity index is 942. The predicted molar refractivity (Wildman–Crippen MR) is 123 cm³/mol. The predicted octanol–water partition coefficient (Wildman–Crippen LogP) is 4.42. The Morgan fingerprint density at radius 2 is 1.81 bits per heavy atom. The summed E-state index contributed by atoms with van der Waals surface area (Å²) >= 11 is 0. The number of anilines is 2. The molecule has 0 bridgehead atoms. The molecule has 1 fully saturated rings. The highest BCUT2D eigenvalue weighted by molar-refractivity contribution is 6.04. The van der Waals surface area contributed by atoms with Gasteiger partial charge in [-0.05, 0) is 49.7 Å². The van der Waals surface area contributed by atoms with Crippen LogP contribution in [0.15, 0.2) is 48.5 Å². The number of nitrogens with zero attached hydrogens (tertiary/aromatic N) is 1. The lowest BCUT2D eigenvalue weighted by molar-refractivity contribution is -0.122. The van der Waals surface area contributed by atoms with Crippen molar-refractivity contribution >= 4 is 29.2 Å². The van der Waals surface area contributed by atoms with Gasteiger partial charge in [-0.15, -0.1) is 0 Å². The van der Waals surface area contributed by atoms with Crippen LogP contribution in [0.1, 0.15) is 49.9 Å².